The number of nitrogens with one attached hydrogen (secondary N) is 1. The van der Waals surface area contributed by atoms with Crippen LogP contribution in [0.3, 0.4) is 0 Å². The number of rotatable bonds is 4. The van der Waals surface area contributed by atoms with Crippen molar-refractivity contribution in [2.45, 2.75) is 25.7 Å². The minimum absolute atomic E-state index is 0.0904. The molecule has 1 N–H and O–H groups in total. The third-order valence-electron chi connectivity index (χ3n) is 4.60. The Bertz CT molecular complexity index is 507. The summed E-state index contributed by atoms with van der Waals surface area (Å²) in [6, 6.07) is 8.07. The summed E-state index contributed by atoms with van der Waals surface area (Å²) < 4.78 is 5.42. The van der Waals surface area contributed by atoms with Crippen LogP contribution < -0.4 is 10.2 Å². The largest absolute Gasteiger partial charge is 0.378 e. The second-order valence-corrected chi connectivity index (χ2v) is 6.36. The van der Waals surface area contributed by atoms with Gasteiger partial charge < -0.3 is 15.0 Å². The Morgan fingerprint density at radius 3 is 2.43 bits per heavy atom. The summed E-state index contributed by atoms with van der Waals surface area (Å²) in [5.41, 5.74) is 2.01. The molecule has 0 aromatic heterocycles. The molecular formula is C18H27N3O2. The van der Waals surface area contributed by atoms with E-state index in [1.54, 1.807) is 0 Å². The van der Waals surface area contributed by atoms with E-state index in [0.717, 1.165) is 50.8 Å². The molecule has 1 aromatic rings. The summed E-state index contributed by atoms with van der Waals surface area (Å²) in [6.07, 6.45) is 4.99. The van der Waals surface area contributed by atoms with Crippen LogP contribution >= 0.6 is 0 Å². The SMILES string of the molecule is O=C(CN1CCCCCC1)Nc1ccccc1N1CCOCC1. The minimum atomic E-state index is 0.0904. The topological polar surface area (TPSA) is 44.8 Å². The number of carbonyl (C=O) groups is 1. The van der Waals surface area contributed by atoms with Crippen LogP contribution in [0.15, 0.2) is 24.3 Å². The highest BCUT2D eigenvalue weighted by molar-refractivity contribution is 5.95. The first kappa shape index (κ1) is 16.3. The molecule has 23 heavy (non-hydrogen) atoms. The maximum atomic E-state index is 12.4. The molecule has 3 rings (SSSR count). The van der Waals surface area contributed by atoms with Crippen LogP contribution in [0.25, 0.3) is 0 Å². The van der Waals surface area contributed by atoms with E-state index < -0.39 is 0 Å². The van der Waals surface area contributed by atoms with Crippen molar-refractivity contribution in [3.8, 4) is 0 Å². The smallest absolute Gasteiger partial charge is 0.238 e. The first-order chi connectivity index (χ1) is 11.3. The molecule has 2 fully saturated rings. The number of nitrogens with zero attached hydrogens (tertiary/aromatic N) is 2. The summed E-state index contributed by atoms with van der Waals surface area (Å²) in [7, 11) is 0. The van der Waals surface area contributed by atoms with Crippen LogP contribution in [0.1, 0.15) is 25.7 Å². The molecule has 126 valence electrons. The summed E-state index contributed by atoms with van der Waals surface area (Å²) >= 11 is 0. The van der Waals surface area contributed by atoms with E-state index >= 15 is 0 Å². The number of para-hydroxylation sites is 2. The highest BCUT2D eigenvalue weighted by atomic mass is 16.5. The molecule has 2 heterocycles. The Morgan fingerprint density at radius 1 is 1.00 bits per heavy atom. The van der Waals surface area contributed by atoms with E-state index in [0.29, 0.717) is 6.54 Å². The zero-order chi connectivity index (χ0) is 15.9. The normalized spacial score (nSPS) is 20.1. The van der Waals surface area contributed by atoms with E-state index in [9.17, 15) is 4.79 Å². The molecule has 0 aliphatic carbocycles. The highest BCUT2D eigenvalue weighted by Crippen LogP contribution is 2.26. The quantitative estimate of drug-likeness (QED) is 0.926. The predicted octanol–water partition coefficient (Wildman–Crippen LogP) is 2.34. The van der Waals surface area contributed by atoms with Gasteiger partial charge in [0, 0.05) is 13.1 Å². The number of carbonyl (C=O) groups excluding carboxylic acids is 1. The fraction of sp³-hybridized carbons (Fsp3) is 0.611. The van der Waals surface area contributed by atoms with Gasteiger partial charge in [-0.3, -0.25) is 9.69 Å². The van der Waals surface area contributed by atoms with Crippen LogP contribution in [-0.4, -0.2) is 56.7 Å². The van der Waals surface area contributed by atoms with Crippen LogP contribution in [0.5, 0.6) is 0 Å². The molecule has 0 saturated carbocycles. The van der Waals surface area contributed by atoms with E-state index in [4.69, 9.17) is 4.74 Å². The lowest BCUT2D eigenvalue weighted by molar-refractivity contribution is -0.117. The van der Waals surface area contributed by atoms with Crippen molar-refractivity contribution in [2.24, 2.45) is 0 Å². The van der Waals surface area contributed by atoms with Gasteiger partial charge >= 0.3 is 0 Å². The van der Waals surface area contributed by atoms with Gasteiger partial charge in [-0.15, -0.1) is 0 Å². The molecule has 1 amide bonds. The summed E-state index contributed by atoms with van der Waals surface area (Å²) in [5.74, 6) is 0.0904. The van der Waals surface area contributed by atoms with Crippen molar-refractivity contribution in [3.63, 3.8) is 0 Å². The third-order valence-corrected chi connectivity index (χ3v) is 4.60. The van der Waals surface area contributed by atoms with Gasteiger partial charge in [0.2, 0.25) is 5.91 Å². The van der Waals surface area contributed by atoms with Gasteiger partial charge in [-0.2, -0.15) is 0 Å². The average molecular weight is 317 g/mol. The summed E-state index contributed by atoms with van der Waals surface area (Å²) in [5, 5.41) is 3.11. The lowest BCUT2D eigenvalue weighted by Crippen LogP contribution is -2.37. The van der Waals surface area contributed by atoms with Crippen LogP contribution in [0.2, 0.25) is 0 Å². The number of benzene rings is 1. The Balaban J connectivity index is 1.61. The molecule has 0 unspecified atom stereocenters. The zero-order valence-corrected chi connectivity index (χ0v) is 13.8. The third kappa shape index (κ3) is 4.69. The summed E-state index contributed by atoms with van der Waals surface area (Å²) in [6.45, 7) is 5.82. The van der Waals surface area contributed by atoms with Gasteiger partial charge in [-0.25, -0.2) is 0 Å². The van der Waals surface area contributed by atoms with Crippen molar-refractivity contribution in [3.05, 3.63) is 24.3 Å². The Kier molecular flexibility index (Phi) is 5.88. The second-order valence-electron chi connectivity index (χ2n) is 6.36. The van der Waals surface area contributed by atoms with Crippen molar-refractivity contribution in [1.29, 1.82) is 0 Å². The fourth-order valence-electron chi connectivity index (χ4n) is 3.35. The van der Waals surface area contributed by atoms with Gasteiger partial charge in [0.1, 0.15) is 0 Å². The van der Waals surface area contributed by atoms with E-state index in [-0.39, 0.29) is 5.91 Å². The molecule has 0 atom stereocenters. The molecule has 2 aliphatic rings. The van der Waals surface area contributed by atoms with Crippen LogP contribution in [0, 0.1) is 0 Å². The lowest BCUT2D eigenvalue weighted by atomic mass is 10.2. The molecule has 0 bridgehead atoms. The number of hydrogen-bond donors (Lipinski definition) is 1. The van der Waals surface area contributed by atoms with Gasteiger partial charge in [0.25, 0.3) is 0 Å². The van der Waals surface area contributed by atoms with Gasteiger partial charge in [0.05, 0.1) is 31.1 Å². The van der Waals surface area contributed by atoms with Crippen LogP contribution in [0.4, 0.5) is 11.4 Å². The predicted molar refractivity (Wildman–Crippen MR) is 93.0 cm³/mol. The van der Waals surface area contributed by atoms with Crippen LogP contribution in [-0.2, 0) is 9.53 Å². The van der Waals surface area contributed by atoms with E-state index in [1.807, 2.05) is 18.2 Å². The van der Waals surface area contributed by atoms with Crippen molar-refractivity contribution < 1.29 is 9.53 Å². The minimum Gasteiger partial charge on any atom is -0.378 e. The Hall–Kier alpha value is -1.59. The summed E-state index contributed by atoms with van der Waals surface area (Å²) in [4.78, 5) is 17.0. The maximum absolute atomic E-state index is 12.4. The van der Waals surface area contributed by atoms with E-state index in [2.05, 4.69) is 21.2 Å². The number of amides is 1. The fourth-order valence-corrected chi connectivity index (χ4v) is 3.35. The number of anilines is 2. The molecule has 2 saturated heterocycles. The molecule has 0 spiro atoms. The molecule has 5 nitrogen and oxygen atoms in total. The zero-order valence-electron chi connectivity index (χ0n) is 13.8. The van der Waals surface area contributed by atoms with Gasteiger partial charge in [0.15, 0.2) is 0 Å². The Labute approximate surface area is 138 Å². The molecule has 0 radical (unpaired) electrons. The standard InChI is InChI=1S/C18H27N3O2/c22-18(15-20-9-5-1-2-6-10-20)19-16-7-3-4-8-17(16)21-11-13-23-14-12-21/h3-4,7-8H,1-2,5-6,9-15H2,(H,19,22). The van der Waals surface area contributed by atoms with Crippen molar-refractivity contribution in [2.75, 3.05) is 56.2 Å². The van der Waals surface area contributed by atoms with Gasteiger partial charge in [-0.1, -0.05) is 25.0 Å². The molecule has 5 heteroatoms. The second kappa shape index (κ2) is 8.31. The van der Waals surface area contributed by atoms with Gasteiger partial charge in [-0.05, 0) is 38.1 Å². The first-order valence-corrected chi connectivity index (χ1v) is 8.77. The highest BCUT2D eigenvalue weighted by Gasteiger charge is 2.17. The molecule has 2 aliphatic heterocycles. The molecular weight excluding hydrogens is 290 g/mol. The number of morpholine rings is 1. The lowest BCUT2D eigenvalue weighted by Gasteiger charge is -2.30. The van der Waals surface area contributed by atoms with Crippen molar-refractivity contribution >= 4 is 17.3 Å². The monoisotopic (exact) mass is 317 g/mol. The number of hydrogen-bond acceptors (Lipinski definition) is 4. The van der Waals surface area contributed by atoms with Crippen molar-refractivity contribution in [1.82, 2.24) is 4.90 Å². The Morgan fingerprint density at radius 2 is 1.70 bits per heavy atom. The van der Waals surface area contributed by atoms with E-state index in [1.165, 1.54) is 25.7 Å². The average Bonchev–Trinajstić information content (AvgIpc) is 2.85. The number of ether oxygens (including phenoxy) is 1. The maximum Gasteiger partial charge on any atom is 0.238 e. The first-order valence-electron chi connectivity index (χ1n) is 8.77. The molecule has 1 aromatic carbocycles. The number of likely N-dealkylation sites (tertiary alicyclic amines) is 1.